The van der Waals surface area contributed by atoms with Crippen molar-refractivity contribution in [3.05, 3.63) is 0 Å². The van der Waals surface area contributed by atoms with E-state index < -0.39 is 0 Å². The molecule has 0 aliphatic heterocycles. The van der Waals surface area contributed by atoms with Crippen LogP contribution in [0.25, 0.3) is 0 Å². The Labute approximate surface area is 167 Å². The molecule has 27 heavy (non-hydrogen) atoms. The van der Waals surface area contributed by atoms with E-state index in [1.165, 1.54) is 70.6 Å². The van der Waals surface area contributed by atoms with Crippen LogP contribution in [0.4, 0.5) is 0 Å². The maximum absolute atomic E-state index is 12.1. The van der Waals surface area contributed by atoms with Crippen molar-refractivity contribution < 1.29 is 9.53 Å². The summed E-state index contributed by atoms with van der Waals surface area (Å²) in [5.74, 6) is 4.26. The van der Waals surface area contributed by atoms with E-state index in [0.29, 0.717) is 28.6 Å². The van der Waals surface area contributed by atoms with Gasteiger partial charge in [-0.1, -0.05) is 27.2 Å². The van der Waals surface area contributed by atoms with Gasteiger partial charge < -0.3 is 4.74 Å². The van der Waals surface area contributed by atoms with Gasteiger partial charge in [-0.25, -0.2) is 0 Å². The molecule has 4 aliphatic rings. The van der Waals surface area contributed by atoms with Crippen LogP contribution in [0.15, 0.2) is 0 Å². The summed E-state index contributed by atoms with van der Waals surface area (Å²) in [7, 11) is 0. The fourth-order valence-electron chi connectivity index (χ4n) is 8.13. The molecule has 0 heterocycles. The number of ketones is 1. The number of unbranched alkanes of at least 4 members (excludes halogenated alkanes) is 1. The molecule has 4 fully saturated rings. The Kier molecular flexibility index (Phi) is 5.51. The Morgan fingerprint density at radius 3 is 2.59 bits per heavy atom. The van der Waals surface area contributed by atoms with Crippen LogP contribution in [0.1, 0.15) is 98.3 Å². The summed E-state index contributed by atoms with van der Waals surface area (Å²) in [4.78, 5) is 12.1. The lowest BCUT2D eigenvalue weighted by molar-refractivity contribution is -0.129. The van der Waals surface area contributed by atoms with Crippen molar-refractivity contribution in [3.63, 3.8) is 0 Å². The lowest BCUT2D eigenvalue weighted by Gasteiger charge is -2.60. The van der Waals surface area contributed by atoms with Gasteiger partial charge in [0.1, 0.15) is 5.78 Å². The highest BCUT2D eigenvalue weighted by Gasteiger charge is 2.59. The molecule has 0 N–H and O–H groups in total. The van der Waals surface area contributed by atoms with Gasteiger partial charge in [0.15, 0.2) is 0 Å². The minimum absolute atomic E-state index is 0.354. The van der Waals surface area contributed by atoms with Crippen LogP contribution in [0, 0.1) is 40.4 Å². The van der Waals surface area contributed by atoms with Gasteiger partial charge in [-0.15, -0.1) is 0 Å². The van der Waals surface area contributed by atoms with Gasteiger partial charge in [0, 0.05) is 12.5 Å². The first-order valence-corrected chi connectivity index (χ1v) is 12.0. The van der Waals surface area contributed by atoms with Gasteiger partial charge in [0.25, 0.3) is 0 Å². The van der Waals surface area contributed by atoms with E-state index in [1.807, 2.05) is 6.92 Å². The van der Waals surface area contributed by atoms with E-state index in [-0.39, 0.29) is 0 Å². The minimum Gasteiger partial charge on any atom is -0.378 e. The number of carbonyl (C=O) groups excluding carboxylic acids is 1. The van der Waals surface area contributed by atoms with Crippen molar-refractivity contribution in [2.75, 3.05) is 6.61 Å². The maximum atomic E-state index is 12.1. The van der Waals surface area contributed by atoms with Crippen LogP contribution in [0.3, 0.4) is 0 Å². The number of fused-ring (bicyclic) bond motifs is 5. The van der Waals surface area contributed by atoms with Crippen LogP contribution >= 0.6 is 0 Å². The van der Waals surface area contributed by atoms with Crippen molar-refractivity contribution in [1.29, 1.82) is 0 Å². The van der Waals surface area contributed by atoms with Crippen molar-refractivity contribution >= 4 is 5.78 Å². The molecule has 0 radical (unpaired) electrons. The third-order valence-corrected chi connectivity index (χ3v) is 9.81. The Bertz CT molecular complexity index is 557. The number of rotatable bonds is 5. The summed E-state index contributed by atoms with van der Waals surface area (Å²) in [6.45, 7) is 10.2. The maximum Gasteiger partial charge on any atom is 0.132 e. The monoisotopic (exact) mass is 374 g/mol. The number of hydrogen-bond acceptors (Lipinski definition) is 2. The molecular formula is C25H42O2. The van der Waals surface area contributed by atoms with Gasteiger partial charge in [-0.2, -0.15) is 0 Å². The fraction of sp³-hybridized carbons (Fsp3) is 0.960. The van der Waals surface area contributed by atoms with E-state index in [9.17, 15) is 4.79 Å². The molecule has 0 saturated heterocycles. The molecule has 2 heteroatoms. The predicted octanol–water partition coefficient (Wildman–Crippen LogP) is 6.42. The van der Waals surface area contributed by atoms with Gasteiger partial charge in [-0.05, 0) is 106 Å². The standard InChI is InChI=1S/C25H42O2/c1-5-6-13-27-20-9-12-25(4)19(15-20)7-8-21-22(25)10-11-24(3)16-18(17(2)26)14-23(21)24/h18-23H,5-16H2,1-4H3/t18-,19?,20?,21+,22?,23?,24+,25-/m1/s1. The molecule has 4 unspecified atom stereocenters. The number of ether oxygens (including phenoxy) is 1. The molecule has 4 saturated carbocycles. The van der Waals surface area contributed by atoms with Crippen molar-refractivity contribution in [2.45, 2.75) is 104 Å². The van der Waals surface area contributed by atoms with Crippen molar-refractivity contribution in [3.8, 4) is 0 Å². The van der Waals surface area contributed by atoms with E-state index >= 15 is 0 Å². The molecule has 4 rings (SSSR count). The Morgan fingerprint density at radius 2 is 1.85 bits per heavy atom. The molecule has 0 spiro atoms. The summed E-state index contributed by atoms with van der Waals surface area (Å²) < 4.78 is 6.24. The zero-order valence-electron chi connectivity index (χ0n) is 18.3. The Morgan fingerprint density at radius 1 is 1.04 bits per heavy atom. The van der Waals surface area contributed by atoms with E-state index in [4.69, 9.17) is 4.74 Å². The van der Waals surface area contributed by atoms with E-state index in [0.717, 1.165) is 30.3 Å². The number of Topliss-reactive ketones (excluding diaryl/α,β-unsaturated/α-hetero) is 1. The second-order valence-electron chi connectivity index (χ2n) is 11.2. The molecule has 8 atom stereocenters. The number of hydrogen-bond donors (Lipinski definition) is 0. The van der Waals surface area contributed by atoms with Crippen molar-refractivity contribution in [2.24, 2.45) is 40.4 Å². The smallest absolute Gasteiger partial charge is 0.132 e. The predicted molar refractivity (Wildman–Crippen MR) is 111 cm³/mol. The molecular weight excluding hydrogens is 332 g/mol. The normalized spacial score (nSPS) is 49.2. The van der Waals surface area contributed by atoms with Crippen molar-refractivity contribution in [1.82, 2.24) is 0 Å². The highest BCUT2D eigenvalue weighted by molar-refractivity contribution is 5.78. The molecule has 154 valence electrons. The van der Waals surface area contributed by atoms with Gasteiger partial charge in [0.2, 0.25) is 0 Å². The minimum atomic E-state index is 0.354. The molecule has 0 aromatic carbocycles. The first-order chi connectivity index (χ1) is 12.9. The second-order valence-corrected chi connectivity index (χ2v) is 11.2. The first kappa shape index (κ1) is 19.9. The summed E-state index contributed by atoms with van der Waals surface area (Å²) in [5, 5.41) is 0. The van der Waals surface area contributed by atoms with E-state index in [2.05, 4.69) is 20.8 Å². The molecule has 0 aromatic rings. The average molecular weight is 375 g/mol. The zero-order chi connectivity index (χ0) is 19.2. The first-order valence-electron chi connectivity index (χ1n) is 12.0. The summed E-state index contributed by atoms with van der Waals surface area (Å²) in [5.41, 5.74) is 0.977. The lowest BCUT2D eigenvalue weighted by atomic mass is 9.45. The molecule has 4 aliphatic carbocycles. The van der Waals surface area contributed by atoms with E-state index in [1.54, 1.807) is 0 Å². The van der Waals surface area contributed by atoms with Gasteiger partial charge in [0.05, 0.1) is 6.10 Å². The zero-order valence-corrected chi connectivity index (χ0v) is 18.3. The van der Waals surface area contributed by atoms with Crippen LogP contribution in [-0.4, -0.2) is 18.5 Å². The highest BCUT2D eigenvalue weighted by atomic mass is 16.5. The summed E-state index contributed by atoms with van der Waals surface area (Å²) >= 11 is 0. The Balaban J connectivity index is 1.46. The highest BCUT2D eigenvalue weighted by Crippen LogP contribution is 2.67. The summed E-state index contributed by atoms with van der Waals surface area (Å²) in [6.07, 6.45) is 14.9. The lowest BCUT2D eigenvalue weighted by Crippen LogP contribution is -2.53. The topological polar surface area (TPSA) is 26.3 Å². The van der Waals surface area contributed by atoms with Crippen LogP contribution in [0.5, 0.6) is 0 Å². The largest absolute Gasteiger partial charge is 0.378 e. The molecule has 0 bridgehead atoms. The van der Waals surface area contributed by atoms with Crippen LogP contribution < -0.4 is 0 Å². The average Bonchev–Trinajstić information content (AvgIpc) is 3.00. The third-order valence-electron chi connectivity index (χ3n) is 9.81. The molecule has 0 amide bonds. The fourth-order valence-corrected chi connectivity index (χ4v) is 8.13. The quantitative estimate of drug-likeness (QED) is 0.519. The van der Waals surface area contributed by atoms with Gasteiger partial charge in [-0.3, -0.25) is 4.79 Å². The van der Waals surface area contributed by atoms with Crippen LogP contribution in [0.2, 0.25) is 0 Å². The second kappa shape index (κ2) is 7.47. The van der Waals surface area contributed by atoms with Gasteiger partial charge >= 0.3 is 0 Å². The Hall–Kier alpha value is -0.370. The number of carbonyl (C=O) groups is 1. The van der Waals surface area contributed by atoms with Crippen LogP contribution in [-0.2, 0) is 9.53 Å². The summed E-state index contributed by atoms with van der Waals surface area (Å²) in [6, 6.07) is 0. The SMILES string of the molecule is CCCCOC1CC[C@]2(C)C(CC[C@@H]3C4C[C@@H](C(C)=O)C[C@]4(C)CCC32)C1. The third kappa shape index (κ3) is 3.43. The molecule has 0 aromatic heterocycles. The molecule has 2 nitrogen and oxygen atoms in total.